The molecule has 0 saturated carbocycles. The molecule has 0 aliphatic rings. The number of methoxy groups -OCH3 is 1. The molecule has 1 aromatic carbocycles. The number of hydrogen-bond acceptors (Lipinski definition) is 5. The Morgan fingerprint density at radius 2 is 2.04 bits per heavy atom. The summed E-state index contributed by atoms with van der Waals surface area (Å²) in [5.41, 5.74) is 0.967. The van der Waals surface area contributed by atoms with E-state index in [1.165, 1.54) is 18.2 Å². The van der Waals surface area contributed by atoms with E-state index in [4.69, 9.17) is 16.3 Å². The zero-order valence-corrected chi connectivity index (χ0v) is 13.8. The van der Waals surface area contributed by atoms with E-state index in [0.29, 0.717) is 19.7 Å². The minimum Gasteiger partial charge on any atom is -0.383 e. The van der Waals surface area contributed by atoms with E-state index in [0.717, 1.165) is 5.56 Å². The molecule has 2 aromatic rings. The van der Waals surface area contributed by atoms with Gasteiger partial charge in [0.05, 0.1) is 22.1 Å². The normalized spacial score (nSPS) is 10.4. The van der Waals surface area contributed by atoms with Crippen LogP contribution >= 0.6 is 11.6 Å². The molecule has 0 spiro atoms. The lowest BCUT2D eigenvalue weighted by molar-refractivity contribution is -0.384. The third-order valence-electron chi connectivity index (χ3n) is 3.37. The van der Waals surface area contributed by atoms with Gasteiger partial charge in [-0.05, 0) is 23.8 Å². The summed E-state index contributed by atoms with van der Waals surface area (Å²) in [5.74, 6) is -0.316. The highest BCUT2D eigenvalue weighted by molar-refractivity contribution is 6.34. The quantitative estimate of drug-likeness (QED) is 0.566. The Labute approximate surface area is 144 Å². The van der Waals surface area contributed by atoms with Gasteiger partial charge in [-0.3, -0.25) is 19.9 Å². The van der Waals surface area contributed by atoms with E-state index in [1.807, 2.05) is 12.1 Å². The van der Waals surface area contributed by atoms with Crippen molar-refractivity contribution in [1.29, 1.82) is 0 Å². The second kappa shape index (κ2) is 8.37. The molecule has 1 amide bonds. The zero-order valence-electron chi connectivity index (χ0n) is 13.0. The summed E-state index contributed by atoms with van der Waals surface area (Å²) >= 11 is 6.06. The van der Waals surface area contributed by atoms with E-state index in [9.17, 15) is 14.9 Å². The van der Waals surface area contributed by atoms with E-state index < -0.39 is 4.92 Å². The summed E-state index contributed by atoms with van der Waals surface area (Å²) in [5, 5.41) is 10.8. The first-order valence-corrected chi connectivity index (χ1v) is 7.51. The third-order valence-corrected chi connectivity index (χ3v) is 3.68. The van der Waals surface area contributed by atoms with Crippen molar-refractivity contribution in [3.8, 4) is 0 Å². The Morgan fingerprint density at radius 3 is 2.62 bits per heavy atom. The van der Waals surface area contributed by atoms with Crippen molar-refractivity contribution < 1.29 is 14.5 Å². The van der Waals surface area contributed by atoms with Crippen LogP contribution in [0.25, 0.3) is 0 Å². The highest BCUT2D eigenvalue weighted by atomic mass is 35.5. The Bertz CT molecular complexity index is 725. The number of hydrogen-bond donors (Lipinski definition) is 0. The van der Waals surface area contributed by atoms with Crippen LogP contribution < -0.4 is 0 Å². The van der Waals surface area contributed by atoms with Crippen LogP contribution in [0.5, 0.6) is 0 Å². The molecule has 0 fully saturated rings. The van der Waals surface area contributed by atoms with Gasteiger partial charge < -0.3 is 9.64 Å². The van der Waals surface area contributed by atoms with Crippen molar-refractivity contribution in [3.63, 3.8) is 0 Å². The van der Waals surface area contributed by atoms with Crippen LogP contribution in [0, 0.1) is 10.1 Å². The summed E-state index contributed by atoms with van der Waals surface area (Å²) < 4.78 is 5.05. The number of benzene rings is 1. The molecule has 24 heavy (non-hydrogen) atoms. The first kappa shape index (κ1) is 17.8. The van der Waals surface area contributed by atoms with Crippen molar-refractivity contribution in [2.45, 2.75) is 6.54 Å². The minimum absolute atomic E-state index is 0.0475. The fourth-order valence-electron chi connectivity index (χ4n) is 2.12. The van der Waals surface area contributed by atoms with Crippen molar-refractivity contribution in [1.82, 2.24) is 9.88 Å². The molecule has 7 nitrogen and oxygen atoms in total. The Hall–Kier alpha value is -2.51. The van der Waals surface area contributed by atoms with Gasteiger partial charge in [0.2, 0.25) is 0 Å². The maximum Gasteiger partial charge on any atom is 0.270 e. The number of aromatic nitrogens is 1. The summed E-state index contributed by atoms with van der Waals surface area (Å²) in [7, 11) is 1.55. The molecule has 0 unspecified atom stereocenters. The minimum atomic E-state index is -0.556. The smallest absolute Gasteiger partial charge is 0.270 e. The molecule has 0 radical (unpaired) electrons. The molecule has 0 aliphatic heterocycles. The first-order chi connectivity index (χ1) is 11.5. The molecule has 8 heteroatoms. The summed E-state index contributed by atoms with van der Waals surface area (Å²) in [4.78, 5) is 28.5. The number of carbonyl (C=O) groups is 1. The number of nitro groups is 1. The van der Waals surface area contributed by atoms with Gasteiger partial charge in [-0.1, -0.05) is 11.6 Å². The SMILES string of the molecule is COCCN(Cc1ccncc1)C(=O)c1ccc([N+](=O)[O-])cc1Cl. The number of carbonyl (C=O) groups excluding carboxylic acids is 1. The molecular weight excluding hydrogens is 334 g/mol. The van der Waals surface area contributed by atoms with Crippen LogP contribution in [0.1, 0.15) is 15.9 Å². The largest absolute Gasteiger partial charge is 0.383 e. The van der Waals surface area contributed by atoms with Gasteiger partial charge in [-0.25, -0.2) is 0 Å². The van der Waals surface area contributed by atoms with E-state index >= 15 is 0 Å². The summed E-state index contributed by atoms with van der Waals surface area (Å²) in [6.45, 7) is 1.09. The lowest BCUT2D eigenvalue weighted by Gasteiger charge is -2.23. The fourth-order valence-corrected chi connectivity index (χ4v) is 2.38. The maximum absolute atomic E-state index is 12.8. The molecule has 1 heterocycles. The van der Waals surface area contributed by atoms with Crippen LogP contribution in [0.4, 0.5) is 5.69 Å². The molecular formula is C16H16ClN3O4. The van der Waals surface area contributed by atoms with Crippen LogP contribution in [0.15, 0.2) is 42.7 Å². The van der Waals surface area contributed by atoms with Crippen LogP contribution in [0.2, 0.25) is 5.02 Å². The van der Waals surface area contributed by atoms with Gasteiger partial charge in [0.15, 0.2) is 0 Å². The Morgan fingerprint density at radius 1 is 1.33 bits per heavy atom. The molecule has 1 aromatic heterocycles. The van der Waals surface area contributed by atoms with Gasteiger partial charge in [0.1, 0.15) is 0 Å². The molecule has 0 atom stereocenters. The molecule has 0 saturated heterocycles. The topological polar surface area (TPSA) is 85.6 Å². The van der Waals surface area contributed by atoms with Crippen LogP contribution in [-0.2, 0) is 11.3 Å². The predicted molar refractivity (Wildman–Crippen MR) is 89.0 cm³/mol. The molecule has 0 N–H and O–H groups in total. The number of pyridine rings is 1. The Balaban J connectivity index is 2.25. The second-order valence-electron chi connectivity index (χ2n) is 5.00. The molecule has 0 aliphatic carbocycles. The van der Waals surface area contributed by atoms with E-state index in [-0.39, 0.29) is 22.2 Å². The molecule has 126 valence electrons. The number of nitro benzene ring substituents is 1. The third kappa shape index (κ3) is 4.50. The predicted octanol–water partition coefficient (Wildman–Crippen LogP) is 2.93. The first-order valence-electron chi connectivity index (χ1n) is 7.14. The monoisotopic (exact) mass is 349 g/mol. The standard InChI is InChI=1S/C16H16ClN3O4/c1-24-9-8-19(11-12-4-6-18-7-5-12)16(21)14-3-2-13(20(22)23)10-15(14)17/h2-7,10H,8-9,11H2,1H3. The summed E-state index contributed by atoms with van der Waals surface area (Å²) in [6.07, 6.45) is 3.29. The van der Waals surface area contributed by atoms with Gasteiger partial charge in [-0.2, -0.15) is 0 Å². The number of rotatable bonds is 7. The molecule has 0 bridgehead atoms. The van der Waals surface area contributed by atoms with Gasteiger partial charge in [0, 0.05) is 44.7 Å². The van der Waals surface area contributed by atoms with Gasteiger partial charge in [0.25, 0.3) is 11.6 Å². The molecule has 2 rings (SSSR count). The Kier molecular flexibility index (Phi) is 6.22. The van der Waals surface area contributed by atoms with Crippen LogP contribution in [0.3, 0.4) is 0 Å². The van der Waals surface area contributed by atoms with Crippen LogP contribution in [-0.4, -0.2) is 41.0 Å². The lowest BCUT2D eigenvalue weighted by Crippen LogP contribution is -2.33. The number of nitrogens with zero attached hydrogens (tertiary/aromatic N) is 3. The number of ether oxygens (including phenoxy) is 1. The van der Waals surface area contributed by atoms with Crippen molar-refractivity contribution >= 4 is 23.2 Å². The number of amides is 1. The van der Waals surface area contributed by atoms with E-state index in [1.54, 1.807) is 24.4 Å². The van der Waals surface area contributed by atoms with Gasteiger partial charge >= 0.3 is 0 Å². The van der Waals surface area contributed by atoms with Gasteiger partial charge in [-0.15, -0.1) is 0 Å². The number of non-ortho nitro benzene ring substituents is 1. The highest BCUT2D eigenvalue weighted by Gasteiger charge is 2.20. The average molecular weight is 350 g/mol. The zero-order chi connectivity index (χ0) is 17.5. The van der Waals surface area contributed by atoms with Crippen molar-refractivity contribution in [2.24, 2.45) is 0 Å². The van der Waals surface area contributed by atoms with Crippen molar-refractivity contribution in [2.75, 3.05) is 20.3 Å². The summed E-state index contributed by atoms with van der Waals surface area (Å²) in [6, 6.07) is 7.43. The second-order valence-corrected chi connectivity index (χ2v) is 5.40. The lowest BCUT2D eigenvalue weighted by atomic mass is 10.1. The van der Waals surface area contributed by atoms with Crippen molar-refractivity contribution in [3.05, 3.63) is 69.0 Å². The number of halogens is 1. The average Bonchev–Trinajstić information content (AvgIpc) is 2.58. The maximum atomic E-state index is 12.8. The van der Waals surface area contributed by atoms with E-state index in [2.05, 4.69) is 4.98 Å². The fraction of sp³-hybridized carbons (Fsp3) is 0.250. The highest BCUT2D eigenvalue weighted by Crippen LogP contribution is 2.24.